The number of hydrogen-bond donors (Lipinski definition) is 1. The number of nitrogens with one attached hydrogen (secondary N) is 1. The number of hydrogen-bond acceptors (Lipinski definition) is 6. The molecule has 0 aliphatic rings. The first-order valence-electron chi connectivity index (χ1n) is 8.42. The first-order valence-corrected chi connectivity index (χ1v) is 8.80. The summed E-state index contributed by atoms with van der Waals surface area (Å²) in [5, 5.41) is 3.28. The Morgan fingerprint density at radius 1 is 1.00 bits per heavy atom. The van der Waals surface area contributed by atoms with Crippen molar-refractivity contribution in [2.24, 2.45) is 0 Å². The van der Waals surface area contributed by atoms with E-state index in [1.807, 2.05) is 12.1 Å². The number of amides is 1. The van der Waals surface area contributed by atoms with Crippen molar-refractivity contribution in [1.82, 2.24) is 5.32 Å². The molecule has 150 valence electrons. The molecule has 2 rings (SSSR count). The zero-order chi connectivity index (χ0) is 20.7. The van der Waals surface area contributed by atoms with Gasteiger partial charge in [0.1, 0.15) is 11.3 Å². The molecule has 0 saturated heterocycles. The van der Waals surface area contributed by atoms with E-state index >= 15 is 0 Å². The highest BCUT2D eigenvalue weighted by Gasteiger charge is 2.20. The van der Waals surface area contributed by atoms with E-state index in [9.17, 15) is 9.59 Å². The molecular formula is C20H22ClNO6. The lowest BCUT2D eigenvalue weighted by Crippen LogP contribution is -2.31. The zero-order valence-electron chi connectivity index (χ0n) is 16.1. The van der Waals surface area contributed by atoms with Crippen molar-refractivity contribution in [3.8, 4) is 17.2 Å². The van der Waals surface area contributed by atoms with E-state index in [1.54, 1.807) is 19.1 Å². The van der Waals surface area contributed by atoms with Gasteiger partial charge in [-0.25, -0.2) is 4.79 Å². The van der Waals surface area contributed by atoms with Crippen LogP contribution in [-0.2, 0) is 9.53 Å². The van der Waals surface area contributed by atoms with Gasteiger partial charge in [0.15, 0.2) is 18.1 Å². The largest absolute Gasteiger partial charge is 0.496 e. The molecule has 0 heterocycles. The summed E-state index contributed by atoms with van der Waals surface area (Å²) < 4.78 is 20.7. The lowest BCUT2D eigenvalue weighted by atomic mass is 10.1. The summed E-state index contributed by atoms with van der Waals surface area (Å²) in [6.45, 7) is 1.34. The van der Waals surface area contributed by atoms with Crippen LogP contribution in [0.2, 0.25) is 5.02 Å². The molecule has 0 unspecified atom stereocenters. The summed E-state index contributed by atoms with van der Waals surface area (Å²) in [6, 6.07) is 9.79. The second-order valence-corrected chi connectivity index (χ2v) is 6.20. The highest BCUT2D eigenvalue weighted by Crippen LogP contribution is 2.34. The van der Waals surface area contributed by atoms with Gasteiger partial charge in [-0.3, -0.25) is 4.79 Å². The number of benzene rings is 2. The average molecular weight is 408 g/mol. The highest BCUT2D eigenvalue weighted by molar-refractivity contribution is 6.31. The summed E-state index contributed by atoms with van der Waals surface area (Å²) >= 11 is 6.12. The maximum Gasteiger partial charge on any atom is 0.342 e. The minimum absolute atomic E-state index is 0.118. The fraction of sp³-hybridized carbons (Fsp3) is 0.300. The van der Waals surface area contributed by atoms with E-state index in [-0.39, 0.29) is 17.4 Å². The van der Waals surface area contributed by atoms with Crippen molar-refractivity contribution in [1.29, 1.82) is 0 Å². The number of methoxy groups -OCH3 is 3. The van der Waals surface area contributed by atoms with E-state index in [4.69, 9.17) is 30.5 Å². The van der Waals surface area contributed by atoms with Gasteiger partial charge in [-0.05, 0) is 18.6 Å². The average Bonchev–Trinajstić information content (AvgIpc) is 2.71. The molecule has 0 bridgehead atoms. The van der Waals surface area contributed by atoms with Crippen LogP contribution < -0.4 is 19.5 Å². The summed E-state index contributed by atoms with van der Waals surface area (Å²) in [5.41, 5.74) is 0.887. The van der Waals surface area contributed by atoms with Gasteiger partial charge >= 0.3 is 5.97 Å². The van der Waals surface area contributed by atoms with E-state index in [2.05, 4.69) is 5.32 Å². The standard InChI is InChI=1S/C20H22ClNO6/c1-12(13-7-5-6-8-15(13)21)22-19(23)11-28-20(24)14-9-17(26-3)18(27-4)10-16(14)25-2/h5-10,12H,11H2,1-4H3,(H,22,23)/t12-/m0/s1. The predicted octanol–water partition coefficient (Wildman–Crippen LogP) is 3.40. The van der Waals surface area contributed by atoms with Crippen LogP contribution in [0.3, 0.4) is 0 Å². The fourth-order valence-electron chi connectivity index (χ4n) is 2.58. The van der Waals surface area contributed by atoms with Gasteiger partial charge < -0.3 is 24.3 Å². The molecule has 0 spiro atoms. The molecule has 1 amide bonds. The van der Waals surface area contributed by atoms with Crippen LogP contribution >= 0.6 is 11.6 Å². The van der Waals surface area contributed by atoms with Crippen LogP contribution in [0, 0.1) is 0 Å². The van der Waals surface area contributed by atoms with E-state index in [0.717, 1.165) is 5.56 Å². The quantitative estimate of drug-likeness (QED) is 0.675. The molecule has 1 N–H and O–H groups in total. The number of esters is 1. The van der Waals surface area contributed by atoms with E-state index in [0.29, 0.717) is 16.5 Å². The Labute approximate surface area is 168 Å². The van der Waals surface area contributed by atoms with Crippen molar-refractivity contribution < 1.29 is 28.5 Å². The Bertz CT molecular complexity index is 855. The zero-order valence-corrected chi connectivity index (χ0v) is 16.8. The van der Waals surface area contributed by atoms with Crippen LogP contribution in [0.25, 0.3) is 0 Å². The third-order valence-electron chi connectivity index (χ3n) is 4.01. The number of ether oxygens (including phenoxy) is 4. The second-order valence-electron chi connectivity index (χ2n) is 5.79. The maximum atomic E-state index is 12.4. The van der Waals surface area contributed by atoms with Crippen molar-refractivity contribution in [2.75, 3.05) is 27.9 Å². The molecule has 7 nitrogen and oxygen atoms in total. The predicted molar refractivity (Wildman–Crippen MR) is 104 cm³/mol. The van der Waals surface area contributed by atoms with Gasteiger partial charge in [-0.15, -0.1) is 0 Å². The summed E-state index contributed by atoms with van der Waals surface area (Å²) in [7, 11) is 4.33. The van der Waals surface area contributed by atoms with Crippen molar-refractivity contribution in [2.45, 2.75) is 13.0 Å². The summed E-state index contributed by atoms with van der Waals surface area (Å²) in [6.07, 6.45) is 0. The minimum atomic E-state index is -0.724. The Kier molecular flexibility index (Phi) is 7.52. The van der Waals surface area contributed by atoms with E-state index < -0.39 is 18.5 Å². The van der Waals surface area contributed by atoms with Crippen LogP contribution in [0.1, 0.15) is 28.9 Å². The topological polar surface area (TPSA) is 83.1 Å². The van der Waals surface area contributed by atoms with Gasteiger partial charge in [0.25, 0.3) is 5.91 Å². The minimum Gasteiger partial charge on any atom is -0.496 e. The Balaban J connectivity index is 2.03. The van der Waals surface area contributed by atoms with Crippen molar-refractivity contribution in [3.63, 3.8) is 0 Å². The van der Waals surface area contributed by atoms with Gasteiger partial charge in [0, 0.05) is 17.2 Å². The highest BCUT2D eigenvalue weighted by atomic mass is 35.5. The number of rotatable bonds is 8. The second kappa shape index (κ2) is 9.85. The third-order valence-corrected chi connectivity index (χ3v) is 4.35. The molecule has 0 aromatic heterocycles. The number of halogens is 1. The van der Waals surface area contributed by atoms with E-state index in [1.165, 1.54) is 33.5 Å². The van der Waals surface area contributed by atoms with Crippen LogP contribution in [0.5, 0.6) is 17.2 Å². The molecule has 8 heteroatoms. The van der Waals surface area contributed by atoms with Crippen LogP contribution in [0.15, 0.2) is 36.4 Å². The molecule has 0 fully saturated rings. The molecule has 0 saturated carbocycles. The summed E-state index contributed by atoms with van der Waals surface area (Å²) in [5.74, 6) is -0.194. The molecule has 2 aromatic rings. The van der Waals surface area contributed by atoms with Gasteiger partial charge in [-0.1, -0.05) is 29.8 Å². The molecule has 0 aliphatic heterocycles. The first kappa shape index (κ1) is 21.4. The maximum absolute atomic E-state index is 12.4. The molecule has 0 radical (unpaired) electrons. The monoisotopic (exact) mass is 407 g/mol. The van der Waals surface area contributed by atoms with Crippen molar-refractivity contribution in [3.05, 3.63) is 52.5 Å². The molecule has 2 aromatic carbocycles. The molecule has 1 atom stereocenters. The summed E-state index contributed by atoms with van der Waals surface area (Å²) in [4.78, 5) is 24.6. The fourth-order valence-corrected chi connectivity index (χ4v) is 2.88. The third kappa shape index (κ3) is 5.07. The number of carbonyl (C=O) groups is 2. The van der Waals surface area contributed by atoms with Gasteiger partial charge in [0.2, 0.25) is 0 Å². The van der Waals surface area contributed by atoms with Gasteiger partial charge in [-0.2, -0.15) is 0 Å². The first-order chi connectivity index (χ1) is 13.4. The Morgan fingerprint density at radius 2 is 1.61 bits per heavy atom. The lowest BCUT2D eigenvalue weighted by molar-refractivity contribution is -0.124. The van der Waals surface area contributed by atoms with Crippen LogP contribution in [-0.4, -0.2) is 39.8 Å². The number of carbonyl (C=O) groups excluding carboxylic acids is 2. The van der Waals surface area contributed by atoms with Gasteiger partial charge in [0.05, 0.1) is 27.4 Å². The molecule has 28 heavy (non-hydrogen) atoms. The molecule has 0 aliphatic carbocycles. The Morgan fingerprint density at radius 3 is 2.21 bits per heavy atom. The normalized spacial score (nSPS) is 11.3. The smallest absolute Gasteiger partial charge is 0.342 e. The SMILES string of the molecule is COc1cc(OC)c(C(=O)OCC(=O)N[C@@H](C)c2ccccc2Cl)cc1OC. The lowest BCUT2D eigenvalue weighted by Gasteiger charge is -2.16. The molecular weight excluding hydrogens is 386 g/mol. The van der Waals surface area contributed by atoms with Crippen molar-refractivity contribution >= 4 is 23.5 Å². The Hall–Kier alpha value is -2.93. The van der Waals surface area contributed by atoms with Crippen LogP contribution in [0.4, 0.5) is 0 Å².